The van der Waals surface area contributed by atoms with Gasteiger partial charge in [-0.15, -0.1) is 0 Å². The average Bonchev–Trinajstić information content (AvgIpc) is 3.45. The van der Waals surface area contributed by atoms with Crippen molar-refractivity contribution in [3.8, 4) is 5.75 Å². The largest absolute Gasteiger partial charge is 0.479 e. The van der Waals surface area contributed by atoms with Gasteiger partial charge in [-0.25, -0.2) is 9.18 Å². The monoisotopic (exact) mass is 411 g/mol. The minimum Gasteiger partial charge on any atom is -0.479 e. The Morgan fingerprint density at radius 2 is 1.93 bits per heavy atom. The predicted octanol–water partition coefficient (Wildman–Crippen LogP) is 4.57. The molecule has 0 aliphatic heterocycles. The van der Waals surface area contributed by atoms with Crippen molar-refractivity contribution in [2.45, 2.75) is 44.4 Å². The number of H-pyrrole nitrogens is 1. The number of rotatable bonds is 7. The van der Waals surface area contributed by atoms with Gasteiger partial charge in [0.15, 0.2) is 18.2 Å². The second-order valence-electron chi connectivity index (χ2n) is 8.07. The quantitative estimate of drug-likeness (QED) is 0.678. The third kappa shape index (κ3) is 4.64. The van der Waals surface area contributed by atoms with E-state index in [9.17, 15) is 14.0 Å². The van der Waals surface area contributed by atoms with Crippen LogP contribution in [-0.2, 0) is 9.53 Å². The first kappa shape index (κ1) is 20.4. The molecule has 158 valence electrons. The maximum absolute atomic E-state index is 14.7. The Bertz CT molecular complexity index is 1020. The smallest absolute Gasteiger partial charge is 0.343 e. The third-order valence-corrected chi connectivity index (χ3v) is 5.87. The molecule has 2 aliphatic rings. The van der Waals surface area contributed by atoms with Gasteiger partial charge in [0.05, 0.1) is 7.11 Å². The van der Waals surface area contributed by atoms with E-state index in [1.807, 2.05) is 12.1 Å². The van der Waals surface area contributed by atoms with Crippen LogP contribution in [0.25, 0.3) is 5.57 Å². The molecule has 1 aromatic carbocycles. The number of hydrogen-bond donors (Lipinski definition) is 1. The Balaban J connectivity index is 1.66. The second kappa shape index (κ2) is 8.86. The van der Waals surface area contributed by atoms with Gasteiger partial charge < -0.3 is 14.5 Å². The zero-order valence-corrected chi connectivity index (χ0v) is 17.1. The molecular formula is C24H26FNO4. The number of pyridine rings is 1. The molecule has 0 radical (unpaired) electrons. The van der Waals surface area contributed by atoms with Crippen molar-refractivity contribution in [2.75, 3.05) is 13.7 Å². The van der Waals surface area contributed by atoms with E-state index < -0.39 is 11.8 Å². The van der Waals surface area contributed by atoms with E-state index in [-0.39, 0.29) is 17.9 Å². The van der Waals surface area contributed by atoms with Gasteiger partial charge in [-0.2, -0.15) is 0 Å². The molecule has 0 amide bonds. The highest BCUT2D eigenvalue weighted by molar-refractivity contribution is 5.78. The fourth-order valence-corrected chi connectivity index (χ4v) is 4.04. The minimum atomic E-state index is -0.575. The van der Waals surface area contributed by atoms with Gasteiger partial charge in [0.25, 0.3) is 5.56 Å². The number of halogens is 1. The number of nitrogens with one attached hydrogen (secondary N) is 1. The van der Waals surface area contributed by atoms with Crippen molar-refractivity contribution in [1.82, 2.24) is 4.98 Å². The van der Waals surface area contributed by atoms with E-state index in [1.54, 1.807) is 6.07 Å². The van der Waals surface area contributed by atoms with E-state index >= 15 is 0 Å². The van der Waals surface area contributed by atoms with Gasteiger partial charge in [0, 0.05) is 16.8 Å². The van der Waals surface area contributed by atoms with Crippen molar-refractivity contribution in [1.29, 1.82) is 0 Å². The van der Waals surface area contributed by atoms with Crippen LogP contribution in [0, 0.1) is 11.7 Å². The lowest BCUT2D eigenvalue weighted by molar-refractivity contribution is -0.142. The van der Waals surface area contributed by atoms with Gasteiger partial charge in [0.1, 0.15) is 0 Å². The highest BCUT2D eigenvalue weighted by Gasteiger charge is 2.26. The first-order valence-corrected chi connectivity index (χ1v) is 10.5. The number of aromatic amines is 1. The predicted molar refractivity (Wildman–Crippen MR) is 112 cm³/mol. The van der Waals surface area contributed by atoms with Gasteiger partial charge in [0.2, 0.25) is 0 Å². The first-order valence-electron chi connectivity index (χ1n) is 10.5. The van der Waals surface area contributed by atoms with Crippen LogP contribution in [0.3, 0.4) is 0 Å². The van der Waals surface area contributed by atoms with Crippen LogP contribution in [0.2, 0.25) is 0 Å². The van der Waals surface area contributed by atoms with Crippen LogP contribution in [0.5, 0.6) is 5.75 Å². The van der Waals surface area contributed by atoms with Gasteiger partial charge >= 0.3 is 5.97 Å². The number of hydrogen-bond acceptors (Lipinski definition) is 4. The summed E-state index contributed by atoms with van der Waals surface area (Å²) < 4.78 is 24.4. The standard InChI is InChI=1S/C24H26FNO4/c1-29-23(27)14-30-22-11-8-17(13-20(22)25)19(12-15-4-2-3-5-15)21-10-9-18(16-6-7-16)24(28)26-21/h8-13,15-16H,2-7,14H2,1H3,(H,26,28)/b19-12+. The second-order valence-corrected chi connectivity index (χ2v) is 8.07. The van der Waals surface area contributed by atoms with Crippen LogP contribution in [0.4, 0.5) is 4.39 Å². The maximum Gasteiger partial charge on any atom is 0.343 e. The summed E-state index contributed by atoms with van der Waals surface area (Å²) in [7, 11) is 1.25. The van der Waals surface area contributed by atoms with E-state index in [1.165, 1.54) is 32.1 Å². The molecule has 2 aromatic rings. The normalized spacial score (nSPS) is 17.2. The summed E-state index contributed by atoms with van der Waals surface area (Å²) in [4.78, 5) is 26.8. The third-order valence-electron chi connectivity index (χ3n) is 5.87. The van der Waals surface area contributed by atoms with E-state index in [4.69, 9.17) is 4.74 Å². The van der Waals surface area contributed by atoms with Crippen molar-refractivity contribution in [3.05, 3.63) is 69.4 Å². The maximum atomic E-state index is 14.7. The molecule has 1 N–H and O–H groups in total. The molecule has 30 heavy (non-hydrogen) atoms. The fourth-order valence-electron chi connectivity index (χ4n) is 4.04. The summed E-state index contributed by atoms with van der Waals surface area (Å²) >= 11 is 0. The highest BCUT2D eigenvalue weighted by Crippen LogP contribution is 2.39. The zero-order valence-electron chi connectivity index (χ0n) is 17.1. The molecule has 1 aromatic heterocycles. The molecule has 2 aliphatic carbocycles. The Kier molecular flexibility index (Phi) is 6.02. The van der Waals surface area contributed by atoms with Crippen molar-refractivity contribution in [3.63, 3.8) is 0 Å². The van der Waals surface area contributed by atoms with Crippen molar-refractivity contribution >= 4 is 11.5 Å². The topological polar surface area (TPSA) is 68.4 Å². The first-order chi connectivity index (χ1) is 14.5. The molecule has 2 saturated carbocycles. The fraction of sp³-hybridized carbons (Fsp3) is 0.417. The summed E-state index contributed by atoms with van der Waals surface area (Å²) in [5.41, 5.74) is 2.95. The summed E-state index contributed by atoms with van der Waals surface area (Å²) in [5, 5.41) is 0. The van der Waals surface area contributed by atoms with Gasteiger partial charge in [-0.05, 0) is 61.3 Å². The number of carbonyl (C=O) groups is 1. The number of ether oxygens (including phenoxy) is 2. The molecule has 0 saturated heterocycles. The SMILES string of the molecule is COC(=O)COc1ccc(/C(=C\C2CCCC2)c2ccc(C3CC3)c(=O)[nH]2)cc1F. The van der Waals surface area contributed by atoms with E-state index in [2.05, 4.69) is 15.8 Å². The molecule has 0 spiro atoms. The summed E-state index contributed by atoms with van der Waals surface area (Å²) in [6, 6.07) is 8.48. The minimum absolute atomic E-state index is 0.0121. The zero-order chi connectivity index (χ0) is 21.1. The molecule has 0 atom stereocenters. The Hall–Kier alpha value is -2.89. The van der Waals surface area contributed by atoms with Crippen LogP contribution >= 0.6 is 0 Å². The molecule has 1 heterocycles. The van der Waals surface area contributed by atoms with Gasteiger partial charge in [-0.3, -0.25) is 4.79 Å². The molecule has 6 heteroatoms. The lowest BCUT2D eigenvalue weighted by Gasteiger charge is -2.14. The Morgan fingerprint density at radius 1 is 1.17 bits per heavy atom. The van der Waals surface area contributed by atoms with Crippen LogP contribution in [0.15, 0.2) is 41.2 Å². The summed E-state index contributed by atoms with van der Waals surface area (Å²) in [6.45, 7) is -0.354. The summed E-state index contributed by atoms with van der Waals surface area (Å²) in [6.07, 6.45) is 8.82. The van der Waals surface area contributed by atoms with Crippen LogP contribution in [-0.4, -0.2) is 24.7 Å². The van der Waals surface area contributed by atoms with Crippen molar-refractivity contribution in [2.24, 2.45) is 5.92 Å². The highest BCUT2D eigenvalue weighted by atomic mass is 19.1. The Morgan fingerprint density at radius 3 is 2.57 bits per heavy atom. The molecule has 2 fully saturated rings. The number of carbonyl (C=O) groups excluding carboxylic acids is 1. The van der Waals surface area contributed by atoms with Gasteiger partial charge in [-0.1, -0.05) is 31.1 Å². The molecule has 4 rings (SSSR count). The molecule has 5 nitrogen and oxygen atoms in total. The number of benzene rings is 1. The molecule has 0 unspecified atom stereocenters. The number of methoxy groups -OCH3 is 1. The Labute approximate surface area is 174 Å². The van der Waals surface area contributed by atoms with Crippen LogP contribution < -0.4 is 10.3 Å². The van der Waals surface area contributed by atoms with E-state index in [0.717, 1.165) is 36.8 Å². The van der Waals surface area contributed by atoms with Crippen LogP contribution in [0.1, 0.15) is 61.3 Å². The lowest BCUT2D eigenvalue weighted by atomic mass is 9.95. The molecular weight excluding hydrogens is 385 g/mol. The summed E-state index contributed by atoms with van der Waals surface area (Å²) in [5.74, 6) is -0.375. The average molecular weight is 411 g/mol. The number of esters is 1. The van der Waals surface area contributed by atoms with Crippen molar-refractivity contribution < 1.29 is 18.7 Å². The number of allylic oxidation sites excluding steroid dienone is 1. The number of aromatic nitrogens is 1. The molecule has 0 bridgehead atoms. The van der Waals surface area contributed by atoms with E-state index in [0.29, 0.717) is 23.1 Å². The lowest BCUT2D eigenvalue weighted by Crippen LogP contribution is -2.14.